The Morgan fingerprint density at radius 2 is 2.00 bits per heavy atom. The monoisotopic (exact) mass is 277 g/mol. The Bertz CT molecular complexity index is 498. The molecule has 1 saturated heterocycles. The number of nitro groups is 1. The lowest BCUT2D eigenvalue weighted by atomic mass is 9.67. The van der Waals surface area contributed by atoms with Gasteiger partial charge in [0.25, 0.3) is 5.69 Å². The Kier molecular flexibility index (Phi) is 3.48. The van der Waals surface area contributed by atoms with Gasteiger partial charge in [-0.15, -0.1) is 0 Å². The number of aliphatic hydroxyl groups is 1. The molecular weight excluding hydrogens is 256 g/mol. The van der Waals surface area contributed by atoms with Crippen molar-refractivity contribution in [3.8, 4) is 0 Å². The van der Waals surface area contributed by atoms with Gasteiger partial charge in [0.05, 0.1) is 17.1 Å². The molecule has 20 heavy (non-hydrogen) atoms. The van der Waals surface area contributed by atoms with Crippen molar-refractivity contribution in [2.75, 3.05) is 6.54 Å². The summed E-state index contributed by atoms with van der Waals surface area (Å²) in [5.41, 5.74) is 0.698. The van der Waals surface area contributed by atoms with E-state index < -0.39 is 5.60 Å². The molecule has 5 heteroatoms. The molecule has 0 spiro atoms. The number of non-ortho nitro benzene ring substituents is 1. The highest BCUT2D eigenvalue weighted by molar-refractivity contribution is 5.34. The predicted octanol–water partition coefficient (Wildman–Crippen LogP) is 1.52. The summed E-state index contributed by atoms with van der Waals surface area (Å²) in [6, 6.07) is 7.06. The van der Waals surface area contributed by atoms with Crippen molar-refractivity contribution in [1.82, 2.24) is 0 Å². The zero-order valence-corrected chi connectivity index (χ0v) is 11.5. The first kappa shape index (κ1) is 13.5. The predicted molar refractivity (Wildman–Crippen MR) is 74.2 cm³/mol. The first-order valence-corrected chi connectivity index (χ1v) is 7.40. The van der Waals surface area contributed by atoms with Gasteiger partial charge in [-0.25, -0.2) is 0 Å². The average molecular weight is 277 g/mol. The van der Waals surface area contributed by atoms with Crippen molar-refractivity contribution < 1.29 is 15.3 Å². The zero-order chi connectivity index (χ0) is 14.2. The van der Waals surface area contributed by atoms with Crippen molar-refractivity contribution in [2.45, 2.75) is 43.7 Å². The van der Waals surface area contributed by atoms with Gasteiger partial charge >= 0.3 is 0 Å². The van der Waals surface area contributed by atoms with Gasteiger partial charge in [0, 0.05) is 30.0 Å². The third kappa shape index (κ3) is 2.31. The van der Waals surface area contributed by atoms with Crippen molar-refractivity contribution in [2.24, 2.45) is 5.92 Å². The van der Waals surface area contributed by atoms with Crippen LogP contribution in [0.1, 0.15) is 43.7 Å². The van der Waals surface area contributed by atoms with Gasteiger partial charge < -0.3 is 10.4 Å². The molecule has 3 N–H and O–H groups in total. The second-order valence-corrected chi connectivity index (χ2v) is 6.10. The molecular formula is C15H21N2O3+. The third-order valence-electron chi connectivity index (χ3n) is 4.99. The number of hydrogen-bond acceptors (Lipinski definition) is 3. The number of nitrogens with two attached hydrogens (primary N) is 1. The maximum absolute atomic E-state index is 10.8. The Hall–Kier alpha value is -1.46. The first-order chi connectivity index (χ1) is 9.60. The Labute approximate surface area is 118 Å². The van der Waals surface area contributed by atoms with Crippen LogP contribution in [0, 0.1) is 16.0 Å². The van der Waals surface area contributed by atoms with Crippen LogP contribution in [0.3, 0.4) is 0 Å². The average Bonchev–Trinajstić information content (AvgIpc) is 2.46. The topological polar surface area (TPSA) is 80.0 Å². The molecule has 1 saturated carbocycles. The number of nitrogens with zero attached hydrogens (tertiary/aromatic N) is 1. The summed E-state index contributed by atoms with van der Waals surface area (Å²) < 4.78 is 0. The fourth-order valence-corrected chi connectivity index (χ4v) is 3.94. The smallest absolute Gasteiger partial charge is 0.269 e. The molecule has 0 radical (unpaired) electrons. The molecule has 3 rings (SSSR count). The molecule has 108 valence electrons. The number of nitro benzene ring substituents is 1. The molecule has 1 aromatic carbocycles. The molecule has 0 aromatic heterocycles. The van der Waals surface area contributed by atoms with E-state index in [4.69, 9.17) is 0 Å². The standard InChI is InChI=1S/C15H20N2O3/c18-15-8-2-1-3-13(15)14(16-10-9-15)11-4-6-12(7-5-11)17(19)20/h4-7,13-14,16,18H,1-3,8-10H2/p+1/t13-,14+,15+/m1/s1. The van der Waals surface area contributed by atoms with E-state index >= 15 is 0 Å². The highest BCUT2D eigenvalue weighted by Crippen LogP contribution is 2.43. The van der Waals surface area contributed by atoms with Gasteiger partial charge in [-0.2, -0.15) is 0 Å². The maximum atomic E-state index is 10.8. The Morgan fingerprint density at radius 3 is 2.70 bits per heavy atom. The van der Waals surface area contributed by atoms with Crippen LogP contribution in [0.15, 0.2) is 24.3 Å². The van der Waals surface area contributed by atoms with Crippen LogP contribution in [0.25, 0.3) is 0 Å². The molecule has 1 heterocycles. The third-order valence-corrected chi connectivity index (χ3v) is 4.99. The van der Waals surface area contributed by atoms with Crippen LogP contribution in [-0.4, -0.2) is 22.2 Å². The van der Waals surface area contributed by atoms with E-state index in [9.17, 15) is 15.2 Å². The molecule has 1 aliphatic heterocycles. The first-order valence-electron chi connectivity index (χ1n) is 7.40. The summed E-state index contributed by atoms with van der Waals surface area (Å²) in [5, 5.41) is 23.8. The number of piperidine rings is 1. The number of hydrogen-bond donors (Lipinski definition) is 2. The number of benzene rings is 1. The molecule has 3 atom stereocenters. The van der Waals surface area contributed by atoms with Crippen LogP contribution in [0.5, 0.6) is 0 Å². The van der Waals surface area contributed by atoms with Crippen LogP contribution in [0.4, 0.5) is 5.69 Å². The summed E-state index contributed by atoms with van der Waals surface area (Å²) >= 11 is 0. The highest BCUT2D eigenvalue weighted by Gasteiger charge is 2.48. The second-order valence-electron chi connectivity index (χ2n) is 6.10. The van der Waals surface area contributed by atoms with Gasteiger partial charge in [0.1, 0.15) is 6.04 Å². The molecule has 1 aliphatic carbocycles. The van der Waals surface area contributed by atoms with Crippen molar-refractivity contribution in [3.05, 3.63) is 39.9 Å². The van der Waals surface area contributed by atoms with Gasteiger partial charge in [0.2, 0.25) is 0 Å². The van der Waals surface area contributed by atoms with E-state index in [-0.39, 0.29) is 22.6 Å². The number of quaternary nitrogens is 1. The van der Waals surface area contributed by atoms with Crippen LogP contribution in [-0.2, 0) is 0 Å². The summed E-state index contributed by atoms with van der Waals surface area (Å²) in [7, 11) is 0. The fourth-order valence-electron chi connectivity index (χ4n) is 3.94. The fraction of sp³-hybridized carbons (Fsp3) is 0.600. The molecule has 0 bridgehead atoms. The van der Waals surface area contributed by atoms with E-state index in [1.807, 2.05) is 12.1 Å². The SMILES string of the molecule is O=[N+]([O-])c1ccc([C@@H]2[NH2+]CC[C@@]3(O)CCCC[C@H]23)cc1. The summed E-state index contributed by atoms with van der Waals surface area (Å²) in [6.45, 7) is 0.925. The number of fused-ring (bicyclic) bond motifs is 1. The quantitative estimate of drug-likeness (QED) is 0.635. The minimum absolute atomic E-state index is 0.128. The second kappa shape index (κ2) is 5.14. The maximum Gasteiger partial charge on any atom is 0.269 e. The molecule has 0 unspecified atom stereocenters. The lowest BCUT2D eigenvalue weighted by Gasteiger charge is -2.46. The highest BCUT2D eigenvalue weighted by atomic mass is 16.6. The normalized spacial score (nSPS) is 33.5. The minimum Gasteiger partial charge on any atom is -0.389 e. The van der Waals surface area contributed by atoms with E-state index in [0.717, 1.165) is 37.8 Å². The molecule has 2 fully saturated rings. The van der Waals surface area contributed by atoms with Crippen molar-refractivity contribution in [1.29, 1.82) is 0 Å². The van der Waals surface area contributed by atoms with Gasteiger partial charge in [-0.05, 0) is 25.0 Å². The van der Waals surface area contributed by atoms with Crippen LogP contribution in [0.2, 0.25) is 0 Å². The summed E-state index contributed by atoms with van der Waals surface area (Å²) in [6.07, 6.45) is 5.09. The molecule has 2 aliphatic rings. The van der Waals surface area contributed by atoms with E-state index in [2.05, 4.69) is 5.32 Å². The zero-order valence-electron chi connectivity index (χ0n) is 11.5. The Balaban J connectivity index is 1.86. The van der Waals surface area contributed by atoms with Crippen molar-refractivity contribution in [3.63, 3.8) is 0 Å². The van der Waals surface area contributed by atoms with Crippen molar-refractivity contribution >= 4 is 5.69 Å². The van der Waals surface area contributed by atoms with E-state index in [1.54, 1.807) is 12.1 Å². The van der Waals surface area contributed by atoms with E-state index in [0.29, 0.717) is 0 Å². The lowest BCUT2D eigenvalue weighted by molar-refractivity contribution is -0.719. The molecule has 5 nitrogen and oxygen atoms in total. The van der Waals surface area contributed by atoms with Gasteiger partial charge in [0.15, 0.2) is 0 Å². The van der Waals surface area contributed by atoms with E-state index in [1.165, 1.54) is 6.42 Å². The van der Waals surface area contributed by atoms with Gasteiger partial charge in [-0.3, -0.25) is 10.1 Å². The minimum atomic E-state index is -0.528. The van der Waals surface area contributed by atoms with Crippen LogP contribution >= 0.6 is 0 Å². The summed E-state index contributed by atoms with van der Waals surface area (Å²) in [5.74, 6) is 0.270. The van der Waals surface area contributed by atoms with Crippen LogP contribution < -0.4 is 5.32 Å². The molecule has 0 amide bonds. The Morgan fingerprint density at radius 1 is 1.25 bits per heavy atom. The molecule has 1 aromatic rings. The number of rotatable bonds is 2. The summed E-state index contributed by atoms with van der Waals surface area (Å²) in [4.78, 5) is 10.4. The lowest BCUT2D eigenvalue weighted by Crippen LogP contribution is -2.91. The largest absolute Gasteiger partial charge is 0.389 e. The van der Waals surface area contributed by atoms with Gasteiger partial charge in [-0.1, -0.05) is 12.8 Å².